The average molecular weight is 274 g/mol. The van der Waals surface area contributed by atoms with Crippen LogP contribution in [-0.4, -0.2) is 18.7 Å². The maximum absolute atomic E-state index is 8.88. The Morgan fingerprint density at radius 3 is 2.50 bits per heavy atom. The highest BCUT2D eigenvalue weighted by Gasteiger charge is 2.06. The molecule has 2 atom stereocenters. The zero-order valence-corrected chi connectivity index (χ0v) is 12.9. The van der Waals surface area contributed by atoms with Gasteiger partial charge >= 0.3 is 0 Å². The number of hydrogen-bond donors (Lipinski definition) is 1. The zero-order chi connectivity index (χ0) is 14.8. The predicted molar refractivity (Wildman–Crippen MR) is 82.8 cm³/mol. The first-order chi connectivity index (χ1) is 9.69. The van der Waals surface area contributed by atoms with Crippen molar-refractivity contribution < 1.29 is 4.74 Å². The molecule has 20 heavy (non-hydrogen) atoms. The standard InChI is InChI=1S/C17H26N2O/c1-4-12-19-14(3)6-7-15-8-10-17(11-9-15)20-16(5-2)13-18/h8-11,14,16,19H,4-7,12H2,1-3H3. The topological polar surface area (TPSA) is 45.0 Å². The Morgan fingerprint density at radius 2 is 1.95 bits per heavy atom. The van der Waals surface area contributed by atoms with Crippen LogP contribution in [0.25, 0.3) is 0 Å². The van der Waals surface area contributed by atoms with Gasteiger partial charge in [0.15, 0.2) is 6.10 Å². The third-order valence-corrected chi connectivity index (χ3v) is 3.33. The lowest BCUT2D eigenvalue weighted by atomic mass is 10.1. The second-order valence-electron chi connectivity index (χ2n) is 5.18. The van der Waals surface area contributed by atoms with Gasteiger partial charge in [-0.25, -0.2) is 0 Å². The molecule has 0 aliphatic heterocycles. The normalized spacial score (nSPS) is 13.5. The number of aryl methyl sites for hydroxylation is 1. The number of nitriles is 1. The molecule has 2 unspecified atom stereocenters. The Morgan fingerprint density at radius 1 is 1.25 bits per heavy atom. The van der Waals surface area contributed by atoms with Crippen LogP contribution < -0.4 is 10.1 Å². The van der Waals surface area contributed by atoms with E-state index in [1.807, 2.05) is 19.1 Å². The summed E-state index contributed by atoms with van der Waals surface area (Å²) in [6, 6.07) is 10.8. The second kappa shape index (κ2) is 9.39. The van der Waals surface area contributed by atoms with E-state index in [0.717, 1.165) is 25.1 Å². The van der Waals surface area contributed by atoms with Crippen LogP contribution in [0.15, 0.2) is 24.3 Å². The van der Waals surface area contributed by atoms with Crippen molar-refractivity contribution in [1.82, 2.24) is 5.32 Å². The van der Waals surface area contributed by atoms with Crippen LogP contribution in [0.2, 0.25) is 0 Å². The minimum atomic E-state index is -0.348. The zero-order valence-electron chi connectivity index (χ0n) is 12.9. The van der Waals surface area contributed by atoms with Crippen LogP contribution in [0.1, 0.15) is 45.6 Å². The molecule has 1 aromatic carbocycles. The Kier molecular flexibility index (Phi) is 7.75. The van der Waals surface area contributed by atoms with Crippen molar-refractivity contribution in [2.24, 2.45) is 0 Å². The summed E-state index contributed by atoms with van der Waals surface area (Å²) < 4.78 is 5.57. The van der Waals surface area contributed by atoms with E-state index in [1.54, 1.807) is 0 Å². The first kappa shape index (κ1) is 16.5. The minimum absolute atomic E-state index is 0.348. The van der Waals surface area contributed by atoms with Gasteiger partial charge in [0, 0.05) is 6.04 Å². The van der Waals surface area contributed by atoms with Crippen molar-refractivity contribution in [1.29, 1.82) is 5.26 Å². The molecule has 0 saturated carbocycles. The van der Waals surface area contributed by atoms with Gasteiger partial charge in [-0.05, 0) is 56.8 Å². The van der Waals surface area contributed by atoms with E-state index in [2.05, 4.69) is 37.4 Å². The molecule has 3 heteroatoms. The molecular formula is C17H26N2O. The van der Waals surface area contributed by atoms with Crippen LogP contribution in [0, 0.1) is 11.3 Å². The fourth-order valence-electron chi connectivity index (χ4n) is 1.98. The van der Waals surface area contributed by atoms with Gasteiger partial charge in [-0.15, -0.1) is 0 Å². The summed E-state index contributed by atoms with van der Waals surface area (Å²) in [5.41, 5.74) is 1.31. The number of hydrogen-bond acceptors (Lipinski definition) is 3. The predicted octanol–water partition coefficient (Wildman–Crippen LogP) is 3.69. The van der Waals surface area contributed by atoms with Crippen LogP contribution in [-0.2, 0) is 6.42 Å². The molecule has 0 spiro atoms. The van der Waals surface area contributed by atoms with Crippen molar-refractivity contribution in [3.8, 4) is 11.8 Å². The summed E-state index contributed by atoms with van der Waals surface area (Å²) in [5.74, 6) is 0.777. The molecular weight excluding hydrogens is 248 g/mol. The lowest BCUT2D eigenvalue weighted by Gasteiger charge is -2.13. The van der Waals surface area contributed by atoms with E-state index < -0.39 is 0 Å². The molecule has 1 aromatic rings. The molecule has 0 saturated heterocycles. The Bertz CT molecular complexity index is 408. The van der Waals surface area contributed by atoms with Crippen molar-refractivity contribution in [3.63, 3.8) is 0 Å². The van der Waals surface area contributed by atoms with Crippen molar-refractivity contribution in [2.45, 2.75) is 58.6 Å². The number of rotatable bonds is 9. The molecule has 0 bridgehead atoms. The van der Waals surface area contributed by atoms with Crippen LogP contribution in [0.3, 0.4) is 0 Å². The Balaban J connectivity index is 2.41. The van der Waals surface area contributed by atoms with Gasteiger partial charge < -0.3 is 10.1 Å². The number of nitrogens with zero attached hydrogens (tertiary/aromatic N) is 1. The van der Waals surface area contributed by atoms with Gasteiger partial charge in [0.1, 0.15) is 11.8 Å². The lowest BCUT2D eigenvalue weighted by Crippen LogP contribution is -2.27. The van der Waals surface area contributed by atoms with Crippen LogP contribution in [0.5, 0.6) is 5.75 Å². The highest BCUT2D eigenvalue weighted by molar-refractivity contribution is 5.28. The largest absolute Gasteiger partial charge is 0.476 e. The van der Waals surface area contributed by atoms with Crippen molar-refractivity contribution in [2.75, 3.05) is 6.54 Å². The molecule has 0 heterocycles. The van der Waals surface area contributed by atoms with E-state index in [4.69, 9.17) is 10.00 Å². The molecule has 0 fully saturated rings. The third kappa shape index (κ3) is 6.08. The van der Waals surface area contributed by atoms with Gasteiger partial charge in [0.2, 0.25) is 0 Å². The maximum atomic E-state index is 8.88. The molecule has 0 radical (unpaired) electrons. The molecule has 0 aliphatic carbocycles. The van der Waals surface area contributed by atoms with Gasteiger partial charge in [-0.2, -0.15) is 5.26 Å². The Labute approximate surface area is 123 Å². The first-order valence-corrected chi connectivity index (χ1v) is 7.58. The van der Waals surface area contributed by atoms with E-state index in [9.17, 15) is 0 Å². The van der Waals surface area contributed by atoms with Gasteiger partial charge in [0.25, 0.3) is 0 Å². The number of ether oxygens (including phenoxy) is 1. The molecule has 110 valence electrons. The molecule has 3 nitrogen and oxygen atoms in total. The molecule has 0 amide bonds. The molecule has 0 aromatic heterocycles. The fourth-order valence-corrected chi connectivity index (χ4v) is 1.98. The van der Waals surface area contributed by atoms with E-state index in [1.165, 1.54) is 12.0 Å². The quantitative estimate of drug-likeness (QED) is 0.747. The number of benzene rings is 1. The van der Waals surface area contributed by atoms with E-state index in [-0.39, 0.29) is 6.10 Å². The monoisotopic (exact) mass is 274 g/mol. The van der Waals surface area contributed by atoms with Gasteiger partial charge in [-0.1, -0.05) is 26.0 Å². The minimum Gasteiger partial charge on any atom is -0.476 e. The summed E-state index contributed by atoms with van der Waals surface area (Å²) in [5, 5.41) is 12.4. The molecule has 0 aliphatic rings. The van der Waals surface area contributed by atoms with Crippen molar-refractivity contribution >= 4 is 0 Å². The highest BCUT2D eigenvalue weighted by atomic mass is 16.5. The SMILES string of the molecule is CCCNC(C)CCc1ccc(OC(C#N)CC)cc1. The highest BCUT2D eigenvalue weighted by Crippen LogP contribution is 2.16. The van der Waals surface area contributed by atoms with Crippen molar-refractivity contribution in [3.05, 3.63) is 29.8 Å². The van der Waals surface area contributed by atoms with Crippen LogP contribution >= 0.6 is 0 Å². The summed E-state index contributed by atoms with van der Waals surface area (Å²) in [6.07, 6.45) is 3.73. The fraction of sp³-hybridized carbons (Fsp3) is 0.588. The lowest BCUT2D eigenvalue weighted by molar-refractivity contribution is 0.252. The molecule has 1 N–H and O–H groups in total. The van der Waals surface area contributed by atoms with E-state index in [0.29, 0.717) is 12.5 Å². The Hall–Kier alpha value is -1.53. The number of nitrogens with one attached hydrogen (secondary N) is 1. The smallest absolute Gasteiger partial charge is 0.184 e. The van der Waals surface area contributed by atoms with E-state index >= 15 is 0 Å². The summed E-state index contributed by atoms with van der Waals surface area (Å²) in [4.78, 5) is 0. The van der Waals surface area contributed by atoms with Crippen LogP contribution in [0.4, 0.5) is 0 Å². The summed E-state index contributed by atoms with van der Waals surface area (Å²) in [7, 11) is 0. The third-order valence-electron chi connectivity index (χ3n) is 3.33. The average Bonchev–Trinajstić information content (AvgIpc) is 2.49. The first-order valence-electron chi connectivity index (χ1n) is 7.58. The summed E-state index contributed by atoms with van der Waals surface area (Å²) >= 11 is 0. The summed E-state index contributed by atoms with van der Waals surface area (Å²) in [6.45, 7) is 7.45. The maximum Gasteiger partial charge on any atom is 0.184 e. The molecule has 1 rings (SSSR count). The van der Waals surface area contributed by atoms with Gasteiger partial charge in [0.05, 0.1) is 0 Å². The van der Waals surface area contributed by atoms with Gasteiger partial charge in [-0.3, -0.25) is 0 Å². The second-order valence-corrected chi connectivity index (χ2v) is 5.18.